The predicted octanol–water partition coefficient (Wildman–Crippen LogP) is 5.98. The zero-order valence-corrected chi connectivity index (χ0v) is 35.9. The average molecular weight is 839 g/mol. The minimum atomic E-state index is -0.817. The molecule has 0 bridgehead atoms. The molecule has 15 heteroatoms. The Morgan fingerprint density at radius 1 is 0.541 bits per heavy atom. The second kappa shape index (κ2) is 19.5. The van der Waals surface area contributed by atoms with Crippen LogP contribution in [0, 0.1) is 11.8 Å². The second-order valence-electron chi connectivity index (χ2n) is 16.7. The van der Waals surface area contributed by atoms with E-state index in [0.29, 0.717) is 50.1 Å². The maximum absolute atomic E-state index is 13.6. The van der Waals surface area contributed by atoms with Crippen LogP contribution in [0.15, 0.2) is 72.8 Å². The molecule has 1 aliphatic carbocycles. The molecular formula is C46H58N6O9. The molecule has 2 aliphatic heterocycles. The number of nitrogens with zero attached hydrogens (tertiary/aromatic N) is 2. The number of carbonyl (C=O) groups excluding carboxylic acids is 6. The number of hydrogen-bond donors (Lipinski definition) is 4. The normalized spacial score (nSPS) is 21.6. The molecule has 4 N–H and O–H groups in total. The van der Waals surface area contributed by atoms with Gasteiger partial charge < -0.3 is 45.3 Å². The highest BCUT2D eigenvalue weighted by Gasteiger charge is 2.52. The molecule has 0 radical (unpaired) electrons. The number of methoxy groups -OCH3 is 3. The van der Waals surface area contributed by atoms with Gasteiger partial charge in [-0.25, -0.2) is 9.59 Å². The lowest BCUT2D eigenvalue weighted by Crippen LogP contribution is -2.54. The Labute approximate surface area is 357 Å². The third-order valence-electron chi connectivity index (χ3n) is 12.1. The highest BCUT2D eigenvalue weighted by Crippen LogP contribution is 2.66. The fourth-order valence-electron chi connectivity index (χ4n) is 8.77. The molecule has 6 amide bonds. The van der Waals surface area contributed by atoms with Gasteiger partial charge in [-0.15, -0.1) is 0 Å². The number of nitrogens with one attached hydrogen (secondary N) is 4. The van der Waals surface area contributed by atoms with E-state index in [1.807, 2.05) is 88.4 Å². The number of anilines is 2. The van der Waals surface area contributed by atoms with E-state index in [-0.39, 0.29) is 53.2 Å². The average Bonchev–Trinajstić information content (AvgIpc) is 3.54. The van der Waals surface area contributed by atoms with Gasteiger partial charge in [-0.2, -0.15) is 0 Å². The Hall–Kier alpha value is -6.12. The smallest absolute Gasteiger partial charge is 0.407 e. The van der Waals surface area contributed by atoms with E-state index in [9.17, 15) is 28.8 Å². The van der Waals surface area contributed by atoms with Gasteiger partial charge in [0.05, 0.1) is 21.3 Å². The highest BCUT2D eigenvalue weighted by atomic mass is 16.5. The van der Waals surface area contributed by atoms with Crippen LogP contribution in [-0.2, 0) is 28.7 Å². The van der Waals surface area contributed by atoms with Crippen LogP contribution in [-0.4, -0.2) is 104 Å². The Balaban J connectivity index is 1.14. The fraction of sp³-hybridized carbons (Fsp3) is 0.478. The van der Waals surface area contributed by atoms with Crippen LogP contribution in [0.1, 0.15) is 87.8 Å². The topological polar surface area (TPSA) is 185 Å². The maximum atomic E-state index is 13.6. The van der Waals surface area contributed by atoms with Gasteiger partial charge >= 0.3 is 12.2 Å². The van der Waals surface area contributed by atoms with Crippen molar-refractivity contribution in [1.82, 2.24) is 20.4 Å². The van der Waals surface area contributed by atoms with Crippen molar-refractivity contribution in [2.45, 2.75) is 95.3 Å². The van der Waals surface area contributed by atoms with Crippen molar-refractivity contribution in [1.29, 1.82) is 0 Å². The summed E-state index contributed by atoms with van der Waals surface area (Å²) < 4.78 is 14.9. The van der Waals surface area contributed by atoms with Crippen LogP contribution >= 0.6 is 0 Å². The summed E-state index contributed by atoms with van der Waals surface area (Å²) in [5.41, 5.74) is 4.58. The fourth-order valence-corrected chi connectivity index (χ4v) is 8.77. The SMILES string of the molecule is COC(=O)N[C@H](C(=O)N1CCC[C@H]1C(=O)Nc1ccc(C2C(c3ccc(NC(=O)[C@@H]4CCCN4C(=O)[C@@H](NC(=O)OC)C(C)C)cc3)C2c2ccc(OC)cc2)cc1)C(C)C. The molecule has 6 rings (SSSR count). The van der Waals surface area contributed by atoms with Crippen molar-refractivity contribution >= 4 is 47.2 Å². The van der Waals surface area contributed by atoms with Crippen molar-refractivity contribution in [2.24, 2.45) is 11.8 Å². The largest absolute Gasteiger partial charge is 0.497 e. The van der Waals surface area contributed by atoms with Gasteiger partial charge in [0.25, 0.3) is 0 Å². The maximum Gasteiger partial charge on any atom is 0.407 e. The van der Waals surface area contributed by atoms with Crippen molar-refractivity contribution in [2.75, 3.05) is 45.1 Å². The molecule has 326 valence electrons. The number of amides is 6. The molecule has 6 atom stereocenters. The first-order valence-electron chi connectivity index (χ1n) is 21.0. The Morgan fingerprint density at radius 3 is 1.20 bits per heavy atom. The lowest BCUT2D eigenvalue weighted by molar-refractivity contribution is -0.139. The molecule has 61 heavy (non-hydrogen) atoms. The summed E-state index contributed by atoms with van der Waals surface area (Å²) in [6, 6.07) is 20.7. The van der Waals surface area contributed by atoms with E-state index < -0.39 is 36.4 Å². The molecule has 15 nitrogen and oxygen atoms in total. The van der Waals surface area contributed by atoms with Gasteiger partial charge in [0, 0.05) is 24.5 Å². The first-order valence-corrected chi connectivity index (χ1v) is 21.0. The number of hydrogen-bond acceptors (Lipinski definition) is 9. The standard InChI is InChI=1S/C46H58N6O9/c1-26(2)39(49-45(57)60-6)43(55)51-24-8-10-34(51)41(53)47-31-18-12-28(13-19-31)36-37(38(36)30-16-22-33(59-5)23-17-30)29-14-20-32(21-15-29)48-42(54)35-11-9-25-52(35)44(56)40(27(3)4)50-46(58)61-7/h12-23,26-27,34-40H,8-11,24-25H2,1-7H3,(H,47,53)(H,48,54)(H,49,57)(H,50,58)/t34-,35-,36?,37?,38?,39-,40-/m0/s1. The van der Waals surface area contributed by atoms with Gasteiger partial charge in [0.2, 0.25) is 23.6 Å². The van der Waals surface area contributed by atoms with Crippen molar-refractivity contribution < 1.29 is 43.0 Å². The summed E-state index contributed by atoms with van der Waals surface area (Å²) in [5, 5.41) is 11.2. The molecule has 3 fully saturated rings. The first kappa shape index (κ1) is 44.4. The zero-order valence-electron chi connectivity index (χ0n) is 35.9. The summed E-state index contributed by atoms with van der Waals surface area (Å²) in [6.07, 6.45) is 0.980. The van der Waals surface area contributed by atoms with E-state index in [0.717, 1.165) is 22.4 Å². The number of alkyl carbamates (subject to hydrolysis) is 2. The van der Waals surface area contributed by atoms with E-state index in [2.05, 4.69) is 33.4 Å². The van der Waals surface area contributed by atoms with E-state index >= 15 is 0 Å². The van der Waals surface area contributed by atoms with Crippen LogP contribution in [0.25, 0.3) is 0 Å². The van der Waals surface area contributed by atoms with Crippen LogP contribution in [0.2, 0.25) is 0 Å². The Morgan fingerprint density at radius 2 is 0.885 bits per heavy atom. The molecule has 1 saturated carbocycles. The van der Waals surface area contributed by atoms with Crippen LogP contribution in [0.4, 0.5) is 21.0 Å². The van der Waals surface area contributed by atoms with Gasteiger partial charge in [-0.3, -0.25) is 19.2 Å². The molecule has 0 spiro atoms. The highest BCUT2D eigenvalue weighted by molar-refractivity contribution is 5.99. The van der Waals surface area contributed by atoms with Gasteiger partial charge in [0.1, 0.15) is 29.9 Å². The van der Waals surface area contributed by atoms with Gasteiger partial charge in [-0.05, 0) is 108 Å². The second-order valence-corrected chi connectivity index (χ2v) is 16.7. The lowest BCUT2D eigenvalue weighted by Gasteiger charge is -2.30. The first-order chi connectivity index (χ1) is 29.3. The zero-order chi connectivity index (χ0) is 44.0. The third-order valence-corrected chi connectivity index (χ3v) is 12.1. The van der Waals surface area contributed by atoms with E-state index in [1.165, 1.54) is 14.2 Å². The summed E-state index contributed by atoms with van der Waals surface area (Å²) in [6.45, 7) is 8.17. The molecule has 2 saturated heterocycles. The quantitative estimate of drug-likeness (QED) is 0.152. The van der Waals surface area contributed by atoms with E-state index in [1.54, 1.807) is 16.9 Å². The number of ether oxygens (including phenoxy) is 3. The molecule has 3 aromatic carbocycles. The summed E-state index contributed by atoms with van der Waals surface area (Å²) in [4.78, 5) is 81.2. The van der Waals surface area contributed by atoms with Crippen LogP contribution in [0.3, 0.4) is 0 Å². The lowest BCUT2D eigenvalue weighted by atomic mass is 10.0. The minimum absolute atomic E-state index is 0.127. The summed E-state index contributed by atoms with van der Waals surface area (Å²) >= 11 is 0. The van der Waals surface area contributed by atoms with Crippen LogP contribution < -0.4 is 26.0 Å². The summed E-state index contributed by atoms with van der Waals surface area (Å²) in [5.74, 6) is -0.425. The number of benzene rings is 3. The van der Waals surface area contributed by atoms with Gasteiger partial charge in [0.15, 0.2) is 0 Å². The molecule has 3 aliphatic rings. The molecule has 3 aromatic rings. The monoisotopic (exact) mass is 838 g/mol. The van der Waals surface area contributed by atoms with Crippen molar-refractivity contribution in [3.8, 4) is 5.75 Å². The molecule has 2 unspecified atom stereocenters. The third kappa shape index (κ3) is 10.1. The molecule has 0 aromatic heterocycles. The minimum Gasteiger partial charge on any atom is -0.497 e. The van der Waals surface area contributed by atoms with Crippen molar-refractivity contribution in [3.05, 3.63) is 89.5 Å². The van der Waals surface area contributed by atoms with Crippen molar-refractivity contribution in [3.63, 3.8) is 0 Å². The molecule has 2 heterocycles. The number of carbonyl (C=O) groups is 6. The number of likely N-dealkylation sites (tertiary alicyclic amines) is 2. The molecular weight excluding hydrogens is 781 g/mol. The summed E-state index contributed by atoms with van der Waals surface area (Å²) in [7, 11) is 4.13. The van der Waals surface area contributed by atoms with E-state index in [4.69, 9.17) is 14.2 Å². The Bertz CT molecular complexity index is 1930. The van der Waals surface area contributed by atoms with Crippen LogP contribution in [0.5, 0.6) is 5.75 Å². The number of rotatable bonds is 14. The van der Waals surface area contributed by atoms with Gasteiger partial charge in [-0.1, -0.05) is 64.1 Å². The predicted molar refractivity (Wildman–Crippen MR) is 229 cm³/mol. The Kier molecular flexibility index (Phi) is 14.2.